The van der Waals surface area contributed by atoms with Crippen molar-refractivity contribution >= 4 is 34.9 Å². The van der Waals surface area contributed by atoms with Crippen molar-refractivity contribution in [1.82, 2.24) is 9.78 Å². The molecule has 0 unspecified atom stereocenters. The van der Waals surface area contributed by atoms with Crippen LogP contribution >= 0.6 is 23.2 Å². The number of para-hydroxylation sites is 1. The number of alkyl halides is 1. The van der Waals surface area contributed by atoms with Gasteiger partial charge in [0, 0.05) is 16.8 Å². The normalized spacial score (nSPS) is 10.5. The molecule has 3 aromatic rings. The zero-order valence-corrected chi connectivity index (χ0v) is 13.6. The predicted molar refractivity (Wildman–Crippen MR) is 93.4 cm³/mol. The first-order valence-electron chi connectivity index (χ1n) is 6.94. The van der Waals surface area contributed by atoms with Crippen molar-refractivity contribution in [2.45, 2.75) is 0 Å². The average molecular weight is 346 g/mol. The lowest BCUT2D eigenvalue weighted by atomic mass is 10.1. The Bertz CT molecular complexity index is 814. The molecule has 0 atom stereocenters. The molecule has 0 aliphatic rings. The molecule has 0 saturated heterocycles. The molecule has 0 aliphatic carbocycles. The minimum Gasteiger partial charge on any atom is -0.308 e. The molecule has 4 nitrogen and oxygen atoms in total. The lowest BCUT2D eigenvalue weighted by molar-refractivity contribution is -0.113. The van der Waals surface area contributed by atoms with E-state index in [-0.39, 0.29) is 11.8 Å². The summed E-state index contributed by atoms with van der Waals surface area (Å²) in [6.07, 6.45) is 1.86. The van der Waals surface area contributed by atoms with Crippen molar-refractivity contribution in [1.29, 1.82) is 0 Å². The van der Waals surface area contributed by atoms with Crippen molar-refractivity contribution in [3.63, 3.8) is 0 Å². The minimum atomic E-state index is -0.305. The van der Waals surface area contributed by atoms with E-state index in [0.29, 0.717) is 10.8 Å². The van der Waals surface area contributed by atoms with Gasteiger partial charge in [-0.15, -0.1) is 16.7 Å². The van der Waals surface area contributed by atoms with Crippen molar-refractivity contribution in [2.24, 2.45) is 0 Å². The number of carbonyl (C=O) groups is 1. The molecular formula is C17H13Cl2N3O. The number of benzene rings is 2. The van der Waals surface area contributed by atoms with E-state index < -0.39 is 0 Å². The van der Waals surface area contributed by atoms with Gasteiger partial charge in [0.2, 0.25) is 5.91 Å². The van der Waals surface area contributed by atoms with E-state index in [1.54, 1.807) is 16.8 Å². The second kappa shape index (κ2) is 6.86. The lowest BCUT2D eigenvalue weighted by Crippen LogP contribution is -2.13. The highest BCUT2D eigenvalue weighted by Crippen LogP contribution is 2.29. The van der Waals surface area contributed by atoms with Crippen molar-refractivity contribution in [2.75, 3.05) is 11.2 Å². The Hall–Kier alpha value is -2.30. The van der Waals surface area contributed by atoms with Gasteiger partial charge >= 0.3 is 0 Å². The first-order valence-corrected chi connectivity index (χ1v) is 7.85. The maximum absolute atomic E-state index is 11.7. The highest BCUT2D eigenvalue weighted by Gasteiger charge is 2.14. The number of nitrogens with one attached hydrogen (secondary N) is 1. The van der Waals surface area contributed by atoms with E-state index in [1.807, 2.05) is 48.7 Å². The van der Waals surface area contributed by atoms with Gasteiger partial charge in [0.15, 0.2) is 5.82 Å². The number of halogens is 2. The fourth-order valence-corrected chi connectivity index (χ4v) is 2.38. The monoisotopic (exact) mass is 345 g/mol. The van der Waals surface area contributed by atoms with Crippen LogP contribution in [0.3, 0.4) is 0 Å². The molecule has 1 aromatic heterocycles. The molecule has 0 radical (unpaired) electrons. The molecule has 1 heterocycles. The Balaban J connectivity index is 2.06. The maximum Gasteiger partial charge on any atom is 0.240 e. The number of amides is 1. The minimum absolute atomic E-state index is 0.127. The van der Waals surface area contributed by atoms with Gasteiger partial charge in [-0.3, -0.25) is 4.79 Å². The molecule has 3 rings (SSSR count). The zero-order chi connectivity index (χ0) is 16.2. The van der Waals surface area contributed by atoms with Crippen LogP contribution in [-0.4, -0.2) is 21.6 Å². The Morgan fingerprint density at radius 2 is 1.78 bits per heavy atom. The Morgan fingerprint density at radius 3 is 2.43 bits per heavy atom. The largest absolute Gasteiger partial charge is 0.308 e. The van der Waals surface area contributed by atoms with E-state index in [2.05, 4.69) is 10.4 Å². The predicted octanol–water partition coefficient (Wildman–Crippen LogP) is 4.37. The number of hydrogen-bond acceptors (Lipinski definition) is 2. The van der Waals surface area contributed by atoms with Gasteiger partial charge in [0.25, 0.3) is 0 Å². The third kappa shape index (κ3) is 3.55. The molecule has 1 amide bonds. The van der Waals surface area contributed by atoms with Crippen LogP contribution in [0.15, 0.2) is 60.8 Å². The van der Waals surface area contributed by atoms with Crippen LogP contribution < -0.4 is 5.32 Å². The highest BCUT2D eigenvalue weighted by atomic mass is 35.5. The molecule has 0 aliphatic heterocycles. The van der Waals surface area contributed by atoms with Gasteiger partial charge in [-0.2, -0.15) is 0 Å². The van der Waals surface area contributed by atoms with E-state index in [1.165, 1.54) is 0 Å². The van der Waals surface area contributed by atoms with E-state index in [0.717, 1.165) is 16.8 Å². The van der Waals surface area contributed by atoms with Gasteiger partial charge in [-0.25, -0.2) is 4.68 Å². The summed E-state index contributed by atoms with van der Waals surface area (Å²) in [7, 11) is 0. The molecule has 116 valence electrons. The molecular weight excluding hydrogens is 333 g/mol. The quantitative estimate of drug-likeness (QED) is 0.713. The zero-order valence-electron chi connectivity index (χ0n) is 12.0. The molecule has 0 spiro atoms. The molecule has 0 bridgehead atoms. The van der Waals surface area contributed by atoms with Crippen LogP contribution in [0.5, 0.6) is 0 Å². The number of hydrogen-bond donors (Lipinski definition) is 1. The van der Waals surface area contributed by atoms with E-state index in [4.69, 9.17) is 23.2 Å². The first kappa shape index (κ1) is 15.6. The Morgan fingerprint density at radius 1 is 1.09 bits per heavy atom. The van der Waals surface area contributed by atoms with Crippen molar-refractivity contribution in [3.8, 4) is 16.8 Å². The number of rotatable bonds is 4. The third-order valence-electron chi connectivity index (χ3n) is 3.27. The summed E-state index contributed by atoms with van der Waals surface area (Å²) in [5, 5.41) is 7.84. The van der Waals surface area contributed by atoms with Gasteiger partial charge < -0.3 is 5.32 Å². The van der Waals surface area contributed by atoms with Crippen molar-refractivity contribution in [3.05, 3.63) is 65.8 Å². The summed E-state index contributed by atoms with van der Waals surface area (Å²) in [5.41, 5.74) is 2.60. The summed E-state index contributed by atoms with van der Waals surface area (Å²) in [5.74, 6) is 0.0279. The summed E-state index contributed by atoms with van der Waals surface area (Å²) in [6.45, 7) is 0. The van der Waals surface area contributed by atoms with Crippen molar-refractivity contribution < 1.29 is 4.79 Å². The van der Waals surface area contributed by atoms with Gasteiger partial charge in [0.1, 0.15) is 5.88 Å². The van der Waals surface area contributed by atoms with Crippen LogP contribution in [0.1, 0.15) is 0 Å². The van der Waals surface area contributed by atoms with Gasteiger partial charge in [-0.05, 0) is 29.8 Å². The van der Waals surface area contributed by atoms with Crippen LogP contribution in [0.25, 0.3) is 16.8 Å². The standard InChI is InChI=1S/C17H13Cl2N3O/c18-10-16(23)20-17-15(12-6-8-13(19)9-7-12)11-22(21-17)14-4-2-1-3-5-14/h1-9,11H,10H2,(H,20,21,23). The average Bonchev–Trinajstić information content (AvgIpc) is 3.00. The smallest absolute Gasteiger partial charge is 0.240 e. The lowest BCUT2D eigenvalue weighted by Gasteiger charge is -2.03. The molecule has 0 fully saturated rings. The summed E-state index contributed by atoms with van der Waals surface area (Å²) >= 11 is 11.5. The highest BCUT2D eigenvalue weighted by molar-refractivity contribution is 6.30. The molecule has 23 heavy (non-hydrogen) atoms. The van der Waals surface area contributed by atoms with Crippen LogP contribution in [0, 0.1) is 0 Å². The van der Waals surface area contributed by atoms with E-state index in [9.17, 15) is 4.79 Å². The van der Waals surface area contributed by atoms with Crippen LogP contribution in [-0.2, 0) is 4.79 Å². The third-order valence-corrected chi connectivity index (χ3v) is 3.76. The van der Waals surface area contributed by atoms with Gasteiger partial charge in [0.05, 0.1) is 5.69 Å². The summed E-state index contributed by atoms with van der Waals surface area (Å²) < 4.78 is 1.72. The molecule has 2 aromatic carbocycles. The Labute approximate surface area is 143 Å². The molecule has 0 saturated carbocycles. The molecule has 6 heteroatoms. The Kier molecular flexibility index (Phi) is 4.65. The molecule has 1 N–H and O–H groups in total. The second-order valence-electron chi connectivity index (χ2n) is 4.86. The fourth-order valence-electron chi connectivity index (χ4n) is 2.19. The summed E-state index contributed by atoms with van der Waals surface area (Å²) in [6, 6.07) is 17.0. The topological polar surface area (TPSA) is 46.9 Å². The number of aromatic nitrogens is 2. The maximum atomic E-state index is 11.7. The van der Waals surface area contributed by atoms with Crippen LogP contribution in [0.2, 0.25) is 5.02 Å². The number of carbonyl (C=O) groups excluding carboxylic acids is 1. The SMILES string of the molecule is O=C(CCl)Nc1nn(-c2ccccc2)cc1-c1ccc(Cl)cc1. The van der Waals surface area contributed by atoms with E-state index >= 15 is 0 Å². The second-order valence-corrected chi connectivity index (χ2v) is 5.56. The number of nitrogens with zero attached hydrogens (tertiary/aromatic N) is 2. The fraction of sp³-hybridized carbons (Fsp3) is 0.0588. The van der Waals surface area contributed by atoms with Crippen LogP contribution in [0.4, 0.5) is 5.82 Å². The first-order chi connectivity index (χ1) is 11.2. The number of anilines is 1. The summed E-state index contributed by atoms with van der Waals surface area (Å²) in [4.78, 5) is 11.7. The van der Waals surface area contributed by atoms with Gasteiger partial charge in [-0.1, -0.05) is 41.9 Å².